The fraction of sp³-hybridized carbons (Fsp3) is 0.294. The number of halogens is 1. The predicted octanol–water partition coefficient (Wildman–Crippen LogP) is 3.81. The van der Waals surface area contributed by atoms with Gasteiger partial charge in [-0.3, -0.25) is 0 Å². The fourth-order valence-electron chi connectivity index (χ4n) is 2.21. The van der Waals surface area contributed by atoms with Crippen LogP contribution < -0.4 is 10.0 Å². The summed E-state index contributed by atoms with van der Waals surface area (Å²) in [5.41, 5.74) is 3.11. The van der Waals surface area contributed by atoms with Crippen molar-refractivity contribution < 1.29 is 8.42 Å². The van der Waals surface area contributed by atoms with Gasteiger partial charge in [0.1, 0.15) is 0 Å². The van der Waals surface area contributed by atoms with E-state index in [0.717, 1.165) is 28.6 Å². The first-order chi connectivity index (χ1) is 10.9. The van der Waals surface area contributed by atoms with E-state index in [1.165, 1.54) is 5.56 Å². The first-order valence-electron chi connectivity index (χ1n) is 7.55. The Labute approximate surface area is 145 Å². The highest BCUT2D eigenvalue weighted by atomic mass is 79.9. The average Bonchev–Trinajstić information content (AvgIpc) is 3.32. The van der Waals surface area contributed by atoms with Gasteiger partial charge in [0.25, 0.3) is 0 Å². The molecule has 0 spiro atoms. The van der Waals surface area contributed by atoms with Crippen LogP contribution in [0.25, 0.3) is 0 Å². The summed E-state index contributed by atoms with van der Waals surface area (Å²) in [7, 11) is -3.41. The maximum atomic E-state index is 12.2. The molecule has 1 aliphatic carbocycles. The molecule has 2 N–H and O–H groups in total. The molecule has 0 saturated heterocycles. The summed E-state index contributed by atoms with van der Waals surface area (Å²) >= 11 is 3.52. The van der Waals surface area contributed by atoms with Gasteiger partial charge in [0.2, 0.25) is 10.0 Å². The molecule has 1 fully saturated rings. The summed E-state index contributed by atoms with van der Waals surface area (Å²) in [6, 6.07) is 13.2. The Morgan fingerprint density at radius 2 is 1.96 bits per heavy atom. The third kappa shape index (κ3) is 4.34. The van der Waals surface area contributed by atoms with Gasteiger partial charge in [0.05, 0.1) is 4.90 Å². The molecule has 0 amide bonds. The number of nitrogens with one attached hydrogen (secondary N) is 2. The van der Waals surface area contributed by atoms with Crippen molar-refractivity contribution >= 4 is 31.6 Å². The molecule has 2 aromatic carbocycles. The molecule has 0 aromatic heterocycles. The second-order valence-corrected chi connectivity index (χ2v) is 8.43. The highest BCUT2D eigenvalue weighted by molar-refractivity contribution is 9.10. The van der Waals surface area contributed by atoms with Crippen LogP contribution >= 0.6 is 15.9 Å². The van der Waals surface area contributed by atoms with Gasteiger partial charge in [0, 0.05) is 22.7 Å². The zero-order chi connectivity index (χ0) is 16.4. The van der Waals surface area contributed by atoms with Crippen LogP contribution in [0.4, 0.5) is 5.69 Å². The van der Waals surface area contributed by atoms with Gasteiger partial charge in [-0.2, -0.15) is 0 Å². The quantitative estimate of drug-likeness (QED) is 0.782. The molecular weight excluding hydrogens is 376 g/mol. The van der Waals surface area contributed by atoms with E-state index in [1.807, 2.05) is 13.0 Å². The second-order valence-electron chi connectivity index (χ2n) is 5.86. The van der Waals surface area contributed by atoms with Crippen LogP contribution in [-0.4, -0.2) is 14.5 Å². The second kappa shape index (κ2) is 6.63. The SMILES string of the molecule is Cc1ccc(CNc2cccc(S(=O)(=O)NC3CC3)c2)cc1Br. The van der Waals surface area contributed by atoms with Gasteiger partial charge in [0.15, 0.2) is 0 Å². The molecule has 0 bridgehead atoms. The van der Waals surface area contributed by atoms with E-state index in [4.69, 9.17) is 0 Å². The molecule has 0 radical (unpaired) electrons. The standard InChI is InChI=1S/C17H19BrN2O2S/c1-12-5-6-13(9-17(12)18)11-19-15-3-2-4-16(10-15)23(21,22)20-14-7-8-14/h2-6,9-10,14,19-20H,7-8,11H2,1H3. The Morgan fingerprint density at radius 1 is 1.17 bits per heavy atom. The van der Waals surface area contributed by atoms with Crippen molar-refractivity contribution in [2.24, 2.45) is 0 Å². The number of benzene rings is 2. The maximum Gasteiger partial charge on any atom is 0.240 e. The number of rotatable bonds is 6. The molecule has 23 heavy (non-hydrogen) atoms. The van der Waals surface area contributed by atoms with E-state index in [-0.39, 0.29) is 6.04 Å². The summed E-state index contributed by atoms with van der Waals surface area (Å²) < 4.78 is 28.3. The molecule has 3 rings (SSSR count). The first-order valence-corrected chi connectivity index (χ1v) is 9.83. The topological polar surface area (TPSA) is 58.2 Å². The monoisotopic (exact) mass is 394 g/mol. The van der Waals surface area contributed by atoms with Crippen molar-refractivity contribution in [2.75, 3.05) is 5.32 Å². The van der Waals surface area contributed by atoms with E-state index in [0.29, 0.717) is 11.4 Å². The van der Waals surface area contributed by atoms with Crippen molar-refractivity contribution in [3.63, 3.8) is 0 Å². The van der Waals surface area contributed by atoms with Gasteiger partial charge in [-0.1, -0.05) is 34.1 Å². The van der Waals surface area contributed by atoms with Gasteiger partial charge in [-0.05, 0) is 55.2 Å². The molecule has 0 unspecified atom stereocenters. The van der Waals surface area contributed by atoms with Gasteiger partial charge in [-0.25, -0.2) is 13.1 Å². The normalized spacial score (nSPS) is 14.7. The Balaban J connectivity index is 1.71. The zero-order valence-corrected chi connectivity index (χ0v) is 15.2. The fourth-order valence-corrected chi connectivity index (χ4v) is 3.99. The third-order valence-corrected chi connectivity index (χ3v) is 6.15. The van der Waals surface area contributed by atoms with Crippen LogP contribution in [0.3, 0.4) is 0 Å². The minimum atomic E-state index is -3.41. The van der Waals surface area contributed by atoms with Crippen molar-refractivity contribution in [2.45, 2.75) is 37.2 Å². The van der Waals surface area contributed by atoms with Gasteiger partial charge < -0.3 is 5.32 Å². The molecule has 6 heteroatoms. The van der Waals surface area contributed by atoms with Crippen molar-refractivity contribution in [3.8, 4) is 0 Å². The predicted molar refractivity (Wildman–Crippen MR) is 96.0 cm³/mol. The van der Waals surface area contributed by atoms with Crippen molar-refractivity contribution in [3.05, 3.63) is 58.1 Å². The maximum absolute atomic E-state index is 12.2. The minimum Gasteiger partial charge on any atom is -0.381 e. The van der Waals surface area contributed by atoms with E-state index in [1.54, 1.807) is 18.2 Å². The third-order valence-electron chi connectivity index (χ3n) is 3.78. The molecule has 0 atom stereocenters. The van der Waals surface area contributed by atoms with E-state index in [2.05, 4.69) is 44.2 Å². The average molecular weight is 395 g/mol. The largest absolute Gasteiger partial charge is 0.381 e. The van der Waals surface area contributed by atoms with Crippen LogP contribution in [0.5, 0.6) is 0 Å². The lowest BCUT2D eigenvalue weighted by Gasteiger charge is -2.10. The summed E-state index contributed by atoms with van der Waals surface area (Å²) in [5, 5.41) is 3.28. The number of aryl methyl sites for hydroxylation is 1. The number of anilines is 1. The zero-order valence-electron chi connectivity index (χ0n) is 12.8. The molecule has 1 saturated carbocycles. The highest BCUT2D eigenvalue weighted by Crippen LogP contribution is 2.24. The minimum absolute atomic E-state index is 0.113. The van der Waals surface area contributed by atoms with Crippen LogP contribution in [-0.2, 0) is 16.6 Å². The van der Waals surface area contributed by atoms with Crippen LogP contribution in [0.1, 0.15) is 24.0 Å². The number of hydrogen-bond acceptors (Lipinski definition) is 3. The smallest absolute Gasteiger partial charge is 0.240 e. The highest BCUT2D eigenvalue weighted by Gasteiger charge is 2.27. The van der Waals surface area contributed by atoms with Crippen LogP contribution in [0.2, 0.25) is 0 Å². The van der Waals surface area contributed by atoms with E-state index in [9.17, 15) is 8.42 Å². The van der Waals surface area contributed by atoms with Gasteiger partial charge in [-0.15, -0.1) is 0 Å². The first kappa shape index (κ1) is 16.5. The summed E-state index contributed by atoms with van der Waals surface area (Å²) in [5.74, 6) is 0. The molecular formula is C17H19BrN2O2S. The lowest BCUT2D eigenvalue weighted by atomic mass is 10.1. The summed E-state index contributed by atoms with van der Waals surface area (Å²) in [4.78, 5) is 0.305. The molecule has 0 heterocycles. The Kier molecular flexibility index (Phi) is 4.75. The molecule has 0 aliphatic heterocycles. The molecule has 122 valence electrons. The summed E-state index contributed by atoms with van der Waals surface area (Å²) in [6.07, 6.45) is 1.86. The molecule has 2 aromatic rings. The Bertz CT molecular complexity index is 817. The number of hydrogen-bond donors (Lipinski definition) is 2. The van der Waals surface area contributed by atoms with Gasteiger partial charge >= 0.3 is 0 Å². The lowest BCUT2D eigenvalue weighted by Crippen LogP contribution is -2.25. The van der Waals surface area contributed by atoms with E-state index >= 15 is 0 Å². The Hall–Kier alpha value is -1.37. The van der Waals surface area contributed by atoms with Crippen LogP contribution in [0, 0.1) is 6.92 Å². The summed E-state index contributed by atoms with van der Waals surface area (Å²) in [6.45, 7) is 2.68. The molecule has 1 aliphatic rings. The number of sulfonamides is 1. The van der Waals surface area contributed by atoms with Crippen molar-refractivity contribution in [1.29, 1.82) is 0 Å². The van der Waals surface area contributed by atoms with E-state index < -0.39 is 10.0 Å². The molecule has 4 nitrogen and oxygen atoms in total. The van der Waals surface area contributed by atoms with Crippen molar-refractivity contribution in [1.82, 2.24) is 4.72 Å². The van der Waals surface area contributed by atoms with Crippen LogP contribution in [0.15, 0.2) is 51.8 Å². The Morgan fingerprint density at radius 3 is 2.65 bits per heavy atom. The lowest BCUT2D eigenvalue weighted by molar-refractivity contribution is 0.581.